The molecule has 1 amide bonds. The number of alkyl halides is 3. The summed E-state index contributed by atoms with van der Waals surface area (Å²) in [4.78, 5) is 23.4. The minimum atomic E-state index is -4.88. The zero-order valence-corrected chi connectivity index (χ0v) is 9.29. The van der Waals surface area contributed by atoms with Crippen LogP contribution in [0, 0.1) is 5.92 Å². The Morgan fingerprint density at radius 2 is 1.88 bits per heavy atom. The van der Waals surface area contributed by atoms with Crippen molar-refractivity contribution >= 4 is 11.7 Å². The Morgan fingerprint density at radius 1 is 1.24 bits per heavy atom. The van der Waals surface area contributed by atoms with Gasteiger partial charge in [0.2, 0.25) is 0 Å². The van der Waals surface area contributed by atoms with Crippen molar-refractivity contribution < 1.29 is 22.8 Å². The number of likely N-dealkylation sites (tertiary alicyclic amines) is 1. The minimum Gasteiger partial charge on any atom is -0.324 e. The number of carbonyl (C=O) groups excluding carboxylic acids is 2. The van der Waals surface area contributed by atoms with Crippen LogP contribution in [-0.2, 0) is 9.59 Å². The maximum absolute atomic E-state index is 12.4. The number of hydrogen-bond acceptors (Lipinski definition) is 2. The molecule has 1 saturated carbocycles. The Hall–Kier alpha value is -1.07. The summed E-state index contributed by atoms with van der Waals surface area (Å²) >= 11 is 0. The zero-order chi connectivity index (χ0) is 12.6. The van der Waals surface area contributed by atoms with E-state index in [4.69, 9.17) is 0 Å². The van der Waals surface area contributed by atoms with Crippen molar-refractivity contribution in [3.8, 4) is 0 Å². The van der Waals surface area contributed by atoms with Gasteiger partial charge >= 0.3 is 12.1 Å². The topological polar surface area (TPSA) is 37.4 Å². The highest BCUT2D eigenvalue weighted by Crippen LogP contribution is 2.36. The molecule has 1 saturated heterocycles. The Morgan fingerprint density at radius 3 is 2.53 bits per heavy atom. The van der Waals surface area contributed by atoms with Crippen LogP contribution in [0.5, 0.6) is 0 Å². The van der Waals surface area contributed by atoms with Gasteiger partial charge in [0.1, 0.15) is 0 Å². The summed E-state index contributed by atoms with van der Waals surface area (Å²) in [5.74, 6) is -2.19. The molecule has 2 rings (SSSR count). The molecule has 2 atom stereocenters. The Kier molecular flexibility index (Phi) is 3.14. The van der Waals surface area contributed by atoms with Crippen LogP contribution >= 0.6 is 0 Å². The van der Waals surface area contributed by atoms with E-state index >= 15 is 0 Å². The van der Waals surface area contributed by atoms with Gasteiger partial charge in [-0.3, -0.25) is 9.59 Å². The second kappa shape index (κ2) is 4.31. The molecule has 1 aliphatic carbocycles. The molecule has 3 nitrogen and oxygen atoms in total. The number of halogens is 3. The van der Waals surface area contributed by atoms with Crippen molar-refractivity contribution in [2.75, 3.05) is 6.54 Å². The number of rotatable bonds is 0. The van der Waals surface area contributed by atoms with Crippen LogP contribution in [0.1, 0.15) is 32.1 Å². The van der Waals surface area contributed by atoms with E-state index in [-0.39, 0.29) is 18.2 Å². The zero-order valence-electron chi connectivity index (χ0n) is 9.29. The molecule has 1 heterocycles. The van der Waals surface area contributed by atoms with Crippen LogP contribution in [-0.4, -0.2) is 35.4 Å². The highest BCUT2D eigenvalue weighted by atomic mass is 19.4. The summed E-state index contributed by atoms with van der Waals surface area (Å²) in [5.41, 5.74) is 0. The Bertz CT molecular complexity index is 340. The lowest BCUT2D eigenvalue weighted by Crippen LogP contribution is -2.56. The molecular formula is C11H14F3NO2. The molecule has 0 radical (unpaired) electrons. The van der Waals surface area contributed by atoms with Gasteiger partial charge in [-0.05, 0) is 18.8 Å². The Labute approximate surface area is 97.0 Å². The van der Waals surface area contributed by atoms with Crippen LogP contribution in [0.4, 0.5) is 13.2 Å². The normalized spacial score (nSPS) is 30.1. The van der Waals surface area contributed by atoms with Crippen LogP contribution < -0.4 is 0 Å². The molecule has 0 aromatic carbocycles. The van der Waals surface area contributed by atoms with E-state index in [2.05, 4.69) is 0 Å². The average Bonchev–Trinajstić information content (AvgIpc) is 2.25. The van der Waals surface area contributed by atoms with Crippen molar-refractivity contribution in [2.24, 2.45) is 5.92 Å². The van der Waals surface area contributed by atoms with Gasteiger partial charge in [0.25, 0.3) is 0 Å². The Balaban J connectivity index is 2.19. The molecule has 1 aliphatic heterocycles. The first kappa shape index (κ1) is 12.4. The second-order valence-corrected chi connectivity index (χ2v) is 4.79. The quantitative estimate of drug-likeness (QED) is 0.657. The monoisotopic (exact) mass is 249 g/mol. The molecule has 2 aliphatic rings. The van der Waals surface area contributed by atoms with Crippen molar-refractivity contribution in [1.82, 2.24) is 4.90 Å². The predicted molar refractivity (Wildman–Crippen MR) is 53.1 cm³/mol. The van der Waals surface area contributed by atoms with Gasteiger partial charge in [-0.2, -0.15) is 13.2 Å². The fourth-order valence-electron chi connectivity index (χ4n) is 2.89. The van der Waals surface area contributed by atoms with Gasteiger partial charge in [-0.1, -0.05) is 12.8 Å². The molecule has 0 aromatic heterocycles. The van der Waals surface area contributed by atoms with Gasteiger partial charge in [-0.25, -0.2) is 0 Å². The number of piperidine rings is 1. The summed E-state index contributed by atoms with van der Waals surface area (Å²) in [7, 11) is 0. The number of amides is 1. The third-order valence-electron chi connectivity index (χ3n) is 3.61. The molecular weight excluding hydrogens is 235 g/mol. The summed E-state index contributed by atoms with van der Waals surface area (Å²) in [5, 5.41) is 0. The summed E-state index contributed by atoms with van der Waals surface area (Å²) < 4.78 is 37.3. The standard InChI is InChI=1S/C11H14F3NO2/c12-11(13,14)10(17)15-6-8(16)5-7-3-1-2-4-9(7)15/h7,9H,1-6H2. The summed E-state index contributed by atoms with van der Waals surface area (Å²) in [6.07, 6.45) is -1.46. The number of fused-ring (bicyclic) bond motifs is 1. The van der Waals surface area contributed by atoms with Crippen molar-refractivity contribution in [3.05, 3.63) is 0 Å². The molecule has 2 fully saturated rings. The van der Waals surface area contributed by atoms with Crippen LogP contribution in [0.15, 0.2) is 0 Å². The summed E-state index contributed by atoms with van der Waals surface area (Å²) in [6.45, 7) is -0.375. The van der Waals surface area contributed by atoms with Gasteiger partial charge in [0.15, 0.2) is 5.78 Å². The molecule has 6 heteroatoms. The fourth-order valence-corrected chi connectivity index (χ4v) is 2.89. The van der Waals surface area contributed by atoms with Gasteiger partial charge in [0, 0.05) is 12.5 Å². The first-order valence-corrected chi connectivity index (χ1v) is 5.79. The lowest BCUT2D eigenvalue weighted by Gasteiger charge is -2.43. The molecule has 2 unspecified atom stereocenters. The molecule has 17 heavy (non-hydrogen) atoms. The minimum absolute atomic E-state index is 0.0729. The number of carbonyl (C=O) groups is 2. The first-order chi connectivity index (χ1) is 7.89. The van der Waals surface area contributed by atoms with E-state index in [0.717, 1.165) is 24.2 Å². The van der Waals surface area contributed by atoms with E-state index < -0.39 is 18.1 Å². The van der Waals surface area contributed by atoms with Crippen LogP contribution in [0.25, 0.3) is 0 Å². The average molecular weight is 249 g/mol. The maximum Gasteiger partial charge on any atom is 0.471 e. The first-order valence-electron chi connectivity index (χ1n) is 5.79. The smallest absolute Gasteiger partial charge is 0.324 e. The predicted octanol–water partition coefficient (Wildman–Crippen LogP) is 1.91. The number of nitrogens with zero attached hydrogens (tertiary/aromatic N) is 1. The molecule has 0 bridgehead atoms. The van der Waals surface area contributed by atoms with Gasteiger partial charge in [-0.15, -0.1) is 0 Å². The molecule has 0 N–H and O–H groups in total. The van der Waals surface area contributed by atoms with Gasteiger partial charge in [0.05, 0.1) is 6.54 Å². The lowest BCUT2D eigenvalue weighted by atomic mass is 9.78. The summed E-state index contributed by atoms with van der Waals surface area (Å²) in [6, 6.07) is -0.393. The third-order valence-corrected chi connectivity index (χ3v) is 3.61. The highest BCUT2D eigenvalue weighted by molar-refractivity contribution is 5.90. The van der Waals surface area contributed by atoms with E-state index in [0.29, 0.717) is 12.8 Å². The fraction of sp³-hybridized carbons (Fsp3) is 0.818. The van der Waals surface area contributed by atoms with Crippen LogP contribution in [0.2, 0.25) is 0 Å². The van der Waals surface area contributed by atoms with E-state index in [1.807, 2.05) is 0 Å². The SMILES string of the molecule is O=C1CC2CCCCC2N(C(=O)C(F)(F)F)C1. The lowest BCUT2D eigenvalue weighted by molar-refractivity contribution is -0.191. The van der Waals surface area contributed by atoms with Crippen molar-refractivity contribution in [2.45, 2.75) is 44.3 Å². The van der Waals surface area contributed by atoms with E-state index in [1.165, 1.54) is 0 Å². The highest BCUT2D eigenvalue weighted by Gasteiger charge is 2.48. The van der Waals surface area contributed by atoms with E-state index in [1.54, 1.807) is 0 Å². The second-order valence-electron chi connectivity index (χ2n) is 4.79. The number of hydrogen-bond donors (Lipinski definition) is 0. The van der Waals surface area contributed by atoms with Crippen molar-refractivity contribution in [3.63, 3.8) is 0 Å². The van der Waals surface area contributed by atoms with Crippen LogP contribution in [0.3, 0.4) is 0 Å². The molecule has 96 valence electrons. The molecule has 0 aromatic rings. The molecule has 0 spiro atoms. The van der Waals surface area contributed by atoms with Gasteiger partial charge < -0.3 is 4.90 Å². The third kappa shape index (κ3) is 2.45. The van der Waals surface area contributed by atoms with E-state index in [9.17, 15) is 22.8 Å². The number of Topliss-reactive ketones (excluding diaryl/α,β-unsaturated/α-hetero) is 1. The largest absolute Gasteiger partial charge is 0.471 e. The van der Waals surface area contributed by atoms with Crippen molar-refractivity contribution in [1.29, 1.82) is 0 Å². The maximum atomic E-state index is 12.4. The number of ketones is 1.